The van der Waals surface area contributed by atoms with Gasteiger partial charge in [-0.3, -0.25) is 44.8 Å². The number of nitrogens with one attached hydrogen (secondary N) is 1. The molecule has 3 heterocycles. The molecule has 21 heteroatoms. The fraction of sp³-hybridized carbons (Fsp3) is 0.295. The van der Waals surface area contributed by atoms with Gasteiger partial charge in [-0.15, -0.1) is 11.8 Å². The van der Waals surface area contributed by atoms with E-state index >= 15 is 0 Å². The van der Waals surface area contributed by atoms with E-state index in [4.69, 9.17) is 14.2 Å². The molecule has 0 spiro atoms. The van der Waals surface area contributed by atoms with Crippen molar-refractivity contribution in [3.8, 4) is 0 Å². The van der Waals surface area contributed by atoms with Gasteiger partial charge in [0.1, 0.15) is 31.6 Å². The van der Waals surface area contributed by atoms with Crippen LogP contribution in [0, 0.1) is 42.2 Å². The fourth-order valence-corrected chi connectivity index (χ4v) is 9.47. The van der Waals surface area contributed by atoms with E-state index in [-0.39, 0.29) is 90.6 Å². The van der Waals surface area contributed by atoms with Crippen molar-refractivity contribution in [3.63, 3.8) is 0 Å². The number of amides is 3. The summed E-state index contributed by atoms with van der Waals surface area (Å²) in [5.41, 5.74) is 1.39. The van der Waals surface area contributed by atoms with Crippen molar-refractivity contribution in [1.29, 1.82) is 0 Å². The Kier molecular flexibility index (Phi) is 13.5. The van der Waals surface area contributed by atoms with E-state index < -0.39 is 50.0 Å². The summed E-state index contributed by atoms with van der Waals surface area (Å²) < 4.78 is 16.7. The Morgan fingerprint density at radius 3 is 1.75 bits per heavy atom. The number of hydrogen-bond donors (Lipinski definition) is 1. The number of hydrogen-bond acceptors (Lipinski definition) is 15. The molecule has 20 nitrogen and oxygen atoms in total. The van der Waals surface area contributed by atoms with Gasteiger partial charge in [-0.2, -0.15) is 0 Å². The standard InChI is InChI=1S/C44H40N6O14S/c1-3-35-37-25(2)39(38(47(37)41(35)52)43(54)63-23-27-9-15-32(16-10-27)49(58)59)65-34-20-36(46(21-34)44(55)64-24-28-11-17-33(18-12-28)50(60)61)40(51)45-30-6-4-5-29(19-30)42(53)62-22-26-7-13-31(14-8-26)48(56)57/h4-19,25,34-37H,3,20-24H2,1-2H3,(H,45,51)/t25-,34+,35?,36+,37?/m1/s1. The number of thioether (sulfide) groups is 1. The quantitative estimate of drug-likeness (QED) is 0.0388. The lowest BCUT2D eigenvalue weighted by molar-refractivity contribution is -0.385. The normalized spacial score (nSPS) is 19.8. The molecule has 0 aliphatic carbocycles. The molecular weight excluding hydrogens is 869 g/mol. The van der Waals surface area contributed by atoms with Crippen LogP contribution in [-0.4, -0.2) is 78.3 Å². The van der Waals surface area contributed by atoms with Crippen molar-refractivity contribution in [2.75, 3.05) is 11.9 Å². The van der Waals surface area contributed by atoms with Crippen LogP contribution >= 0.6 is 11.8 Å². The minimum absolute atomic E-state index is 0.0337. The summed E-state index contributed by atoms with van der Waals surface area (Å²) in [5, 5.41) is 35.5. The first-order valence-corrected chi connectivity index (χ1v) is 21.1. The molecule has 3 aliphatic heterocycles. The molecule has 0 bridgehead atoms. The van der Waals surface area contributed by atoms with Gasteiger partial charge >= 0.3 is 18.0 Å². The summed E-state index contributed by atoms with van der Waals surface area (Å²) in [6, 6.07) is 20.9. The molecule has 7 rings (SSSR count). The highest BCUT2D eigenvalue weighted by atomic mass is 32.2. The molecule has 5 atom stereocenters. The maximum absolute atomic E-state index is 14.1. The second kappa shape index (κ2) is 19.4. The third-order valence-electron chi connectivity index (χ3n) is 11.3. The summed E-state index contributed by atoms with van der Waals surface area (Å²) in [7, 11) is 0. The molecule has 2 saturated heterocycles. The highest BCUT2D eigenvalue weighted by Gasteiger charge is 2.58. The van der Waals surface area contributed by atoms with E-state index in [9.17, 15) is 54.3 Å². The van der Waals surface area contributed by atoms with E-state index in [2.05, 4.69) is 5.32 Å². The van der Waals surface area contributed by atoms with Gasteiger partial charge in [0.15, 0.2) is 0 Å². The monoisotopic (exact) mass is 908 g/mol. The topological polar surface area (TPSA) is 261 Å². The first-order valence-electron chi connectivity index (χ1n) is 20.3. The van der Waals surface area contributed by atoms with Crippen molar-refractivity contribution in [2.45, 2.75) is 63.8 Å². The minimum atomic E-state index is -1.13. The summed E-state index contributed by atoms with van der Waals surface area (Å²) in [6.07, 6.45) is -0.264. The predicted octanol–water partition coefficient (Wildman–Crippen LogP) is 7.06. The van der Waals surface area contributed by atoms with Gasteiger partial charge in [-0.05, 0) is 84.1 Å². The molecule has 65 heavy (non-hydrogen) atoms. The predicted molar refractivity (Wildman–Crippen MR) is 231 cm³/mol. The van der Waals surface area contributed by atoms with Crippen LogP contribution in [0.15, 0.2) is 108 Å². The fourth-order valence-electron chi connectivity index (χ4n) is 7.95. The van der Waals surface area contributed by atoms with Gasteiger partial charge in [0.25, 0.3) is 17.1 Å². The number of non-ortho nitro benzene ring substituents is 3. The Hall–Kier alpha value is -7.68. The number of esters is 2. The lowest BCUT2D eigenvalue weighted by Gasteiger charge is -2.45. The molecule has 1 N–H and O–H groups in total. The Balaban J connectivity index is 1.09. The van der Waals surface area contributed by atoms with Gasteiger partial charge in [0.05, 0.1) is 32.3 Å². The first kappa shape index (κ1) is 45.3. The summed E-state index contributed by atoms with van der Waals surface area (Å²) in [4.78, 5) is 103. The molecule has 336 valence electrons. The Morgan fingerprint density at radius 1 is 0.738 bits per heavy atom. The van der Waals surface area contributed by atoms with Crippen molar-refractivity contribution in [1.82, 2.24) is 9.80 Å². The third-order valence-corrected chi connectivity index (χ3v) is 12.8. The zero-order chi connectivity index (χ0) is 46.5. The number of likely N-dealkylation sites (tertiary alicyclic amines) is 1. The molecular formula is C44H40N6O14S. The van der Waals surface area contributed by atoms with Gasteiger partial charge < -0.3 is 24.4 Å². The van der Waals surface area contributed by atoms with Crippen LogP contribution in [0.25, 0.3) is 0 Å². The maximum Gasteiger partial charge on any atom is 0.410 e. The Morgan fingerprint density at radius 2 is 1.25 bits per heavy atom. The average Bonchev–Trinajstić information content (AvgIpc) is 3.84. The molecule has 4 aromatic carbocycles. The second-order valence-corrected chi connectivity index (χ2v) is 16.7. The smallest absolute Gasteiger partial charge is 0.410 e. The van der Waals surface area contributed by atoms with Gasteiger partial charge in [0.2, 0.25) is 11.8 Å². The van der Waals surface area contributed by atoms with E-state index in [0.29, 0.717) is 28.0 Å². The molecule has 4 aromatic rings. The van der Waals surface area contributed by atoms with Crippen LogP contribution in [-0.2, 0) is 48.4 Å². The van der Waals surface area contributed by atoms with Crippen LogP contribution < -0.4 is 5.32 Å². The van der Waals surface area contributed by atoms with Crippen molar-refractivity contribution < 1.29 is 53.0 Å². The number of rotatable bonds is 16. The highest BCUT2D eigenvalue weighted by Crippen LogP contribution is 2.52. The molecule has 3 amide bonds. The number of nitro groups is 3. The maximum atomic E-state index is 14.1. The molecule has 2 fully saturated rings. The molecule has 0 aromatic heterocycles. The molecule has 0 radical (unpaired) electrons. The van der Waals surface area contributed by atoms with Crippen LogP contribution in [0.4, 0.5) is 27.5 Å². The minimum Gasteiger partial charge on any atom is -0.457 e. The van der Waals surface area contributed by atoms with Crippen molar-refractivity contribution >= 4 is 64.4 Å². The Labute approximate surface area is 373 Å². The number of ether oxygens (including phenoxy) is 3. The average molecular weight is 909 g/mol. The number of carbonyl (C=O) groups excluding carboxylic acids is 5. The number of carbonyl (C=O) groups is 5. The van der Waals surface area contributed by atoms with Crippen molar-refractivity contribution in [3.05, 3.63) is 160 Å². The number of fused-ring (bicyclic) bond motifs is 1. The van der Waals surface area contributed by atoms with E-state index in [1.807, 2.05) is 13.8 Å². The van der Waals surface area contributed by atoms with Crippen LogP contribution in [0.3, 0.4) is 0 Å². The number of nitrogens with zero attached hydrogens (tertiary/aromatic N) is 5. The van der Waals surface area contributed by atoms with Gasteiger partial charge in [-0.25, -0.2) is 14.4 Å². The van der Waals surface area contributed by atoms with Gasteiger partial charge in [0, 0.05) is 64.7 Å². The SMILES string of the molecule is CCC1C(=O)N2C(C(=O)OCc3ccc([N+](=O)[O-])cc3)=C(S[C@H]3C[C@@H](C(=O)Nc4cccc(C(=O)OCc5ccc([N+](=O)[O-])cc5)c4)N(C(=O)OCc4ccc([N+](=O)[O-])cc4)C3)[C@H](C)C12. The first-order chi connectivity index (χ1) is 31.1. The lowest BCUT2D eigenvalue weighted by Crippen LogP contribution is -2.60. The van der Waals surface area contributed by atoms with Crippen molar-refractivity contribution in [2.24, 2.45) is 11.8 Å². The van der Waals surface area contributed by atoms with Gasteiger partial charge in [-0.1, -0.05) is 19.9 Å². The summed E-state index contributed by atoms with van der Waals surface area (Å²) >= 11 is 1.25. The van der Waals surface area contributed by atoms with Crippen LogP contribution in [0.1, 0.15) is 53.7 Å². The molecule has 0 saturated carbocycles. The zero-order valence-electron chi connectivity index (χ0n) is 34.7. The summed E-state index contributed by atoms with van der Waals surface area (Å²) in [6.45, 7) is 3.07. The number of β-lactam (4-membered cyclic amide) rings is 1. The largest absolute Gasteiger partial charge is 0.457 e. The Bertz CT molecular complexity index is 2590. The molecule has 3 aliphatic rings. The summed E-state index contributed by atoms with van der Waals surface area (Å²) in [5.74, 6) is -3.03. The zero-order valence-corrected chi connectivity index (χ0v) is 35.5. The van der Waals surface area contributed by atoms with E-state index in [1.54, 1.807) is 0 Å². The van der Waals surface area contributed by atoms with E-state index in [0.717, 1.165) is 0 Å². The molecule has 2 unspecified atom stereocenters. The van der Waals surface area contributed by atoms with E-state index in [1.165, 1.54) is 119 Å². The number of nitro benzene ring substituents is 3. The second-order valence-electron chi connectivity index (χ2n) is 15.4. The van der Waals surface area contributed by atoms with Crippen LogP contribution in [0.2, 0.25) is 0 Å². The number of anilines is 1. The lowest BCUT2D eigenvalue weighted by atomic mass is 9.81. The van der Waals surface area contributed by atoms with Crippen LogP contribution in [0.5, 0.6) is 0 Å². The number of benzene rings is 4. The highest BCUT2D eigenvalue weighted by molar-refractivity contribution is 8.03. The third kappa shape index (κ3) is 9.94.